The molecule has 5 heteroatoms. The normalized spacial score (nSPS) is 17.7. The number of nitrogens with zero attached hydrogens (tertiary/aromatic N) is 1. The fourth-order valence-corrected chi connectivity index (χ4v) is 3.58. The van der Waals surface area contributed by atoms with Gasteiger partial charge in [0.25, 0.3) is 0 Å². The minimum Gasteiger partial charge on any atom is -0.392 e. The summed E-state index contributed by atoms with van der Waals surface area (Å²) >= 11 is 5.23. The smallest absolute Gasteiger partial charge is 0.233 e. The molecular formula is C16H31N3OS. The minimum atomic E-state index is -0.663. The van der Waals surface area contributed by atoms with Crippen molar-refractivity contribution in [3.05, 3.63) is 0 Å². The van der Waals surface area contributed by atoms with Gasteiger partial charge in [0, 0.05) is 12.6 Å². The first-order valence-electron chi connectivity index (χ1n) is 8.30. The van der Waals surface area contributed by atoms with Crippen molar-refractivity contribution in [1.82, 2.24) is 10.2 Å². The van der Waals surface area contributed by atoms with Gasteiger partial charge in [-0.05, 0) is 45.7 Å². The average Bonchev–Trinajstić information content (AvgIpc) is 2.97. The Morgan fingerprint density at radius 2 is 1.81 bits per heavy atom. The molecule has 0 saturated carbocycles. The van der Waals surface area contributed by atoms with Gasteiger partial charge in [-0.3, -0.25) is 9.69 Å². The van der Waals surface area contributed by atoms with E-state index in [1.54, 1.807) is 0 Å². The number of hydrogen-bond acceptors (Lipinski definition) is 3. The number of nitrogens with two attached hydrogens (primary N) is 1. The third-order valence-electron chi connectivity index (χ3n) is 4.58. The highest BCUT2D eigenvalue weighted by Crippen LogP contribution is 2.31. The molecule has 1 rings (SSSR count). The first kappa shape index (κ1) is 18.4. The molecule has 0 aliphatic carbocycles. The van der Waals surface area contributed by atoms with Crippen molar-refractivity contribution < 1.29 is 4.79 Å². The quantitative estimate of drug-likeness (QED) is 0.642. The molecule has 4 nitrogen and oxygen atoms in total. The van der Waals surface area contributed by atoms with Crippen molar-refractivity contribution >= 4 is 23.1 Å². The summed E-state index contributed by atoms with van der Waals surface area (Å²) in [6.45, 7) is 9.28. The Bertz CT molecular complexity index is 347. The van der Waals surface area contributed by atoms with Gasteiger partial charge in [-0.1, -0.05) is 38.9 Å². The van der Waals surface area contributed by atoms with E-state index in [2.05, 4.69) is 31.0 Å². The number of nitrogens with one attached hydrogen (secondary N) is 1. The van der Waals surface area contributed by atoms with Crippen LogP contribution in [-0.2, 0) is 4.79 Å². The number of amides is 1. The fourth-order valence-electron chi connectivity index (χ4n) is 3.28. The van der Waals surface area contributed by atoms with Gasteiger partial charge in [0.2, 0.25) is 5.91 Å². The van der Waals surface area contributed by atoms with Crippen molar-refractivity contribution in [2.24, 2.45) is 11.1 Å². The summed E-state index contributed by atoms with van der Waals surface area (Å²) in [4.78, 5) is 15.5. The van der Waals surface area contributed by atoms with E-state index in [0.29, 0.717) is 17.6 Å². The van der Waals surface area contributed by atoms with Gasteiger partial charge >= 0.3 is 0 Å². The highest BCUT2D eigenvalue weighted by molar-refractivity contribution is 7.80. The molecule has 1 saturated heterocycles. The van der Waals surface area contributed by atoms with Gasteiger partial charge in [-0.2, -0.15) is 0 Å². The maximum absolute atomic E-state index is 12.7. The Hall–Kier alpha value is -0.680. The van der Waals surface area contributed by atoms with Crippen LogP contribution in [0.4, 0.5) is 0 Å². The molecule has 1 aliphatic rings. The van der Waals surface area contributed by atoms with Crippen LogP contribution in [0, 0.1) is 5.41 Å². The number of rotatable bonds is 9. The molecule has 1 amide bonds. The van der Waals surface area contributed by atoms with E-state index in [1.165, 1.54) is 12.8 Å². The zero-order chi connectivity index (χ0) is 15.9. The number of carbonyl (C=O) groups excluding carboxylic acids is 1. The molecule has 1 unspecified atom stereocenters. The maximum atomic E-state index is 12.7. The minimum absolute atomic E-state index is 0.0183. The van der Waals surface area contributed by atoms with E-state index in [1.807, 2.05) is 0 Å². The largest absolute Gasteiger partial charge is 0.392 e. The monoisotopic (exact) mass is 313 g/mol. The summed E-state index contributed by atoms with van der Waals surface area (Å²) in [5, 5.41) is 3.10. The van der Waals surface area contributed by atoms with Crippen LogP contribution < -0.4 is 11.1 Å². The molecule has 3 N–H and O–H groups in total. The van der Waals surface area contributed by atoms with E-state index < -0.39 is 5.41 Å². The highest BCUT2D eigenvalue weighted by Gasteiger charge is 2.39. The predicted octanol–water partition coefficient (Wildman–Crippen LogP) is 2.46. The van der Waals surface area contributed by atoms with E-state index in [4.69, 9.17) is 18.0 Å². The Kier molecular flexibility index (Phi) is 7.60. The predicted molar refractivity (Wildman–Crippen MR) is 92.3 cm³/mol. The van der Waals surface area contributed by atoms with Crippen molar-refractivity contribution in [3.63, 3.8) is 0 Å². The summed E-state index contributed by atoms with van der Waals surface area (Å²) in [6.07, 6.45) is 5.82. The first-order chi connectivity index (χ1) is 9.97. The average molecular weight is 314 g/mol. The molecule has 0 aromatic carbocycles. The molecule has 1 heterocycles. The highest BCUT2D eigenvalue weighted by atomic mass is 32.1. The number of hydrogen-bond donors (Lipinski definition) is 2. The molecule has 1 atom stereocenters. The number of carbonyl (C=O) groups is 1. The molecular weight excluding hydrogens is 282 g/mol. The van der Waals surface area contributed by atoms with Crippen LogP contribution >= 0.6 is 12.2 Å². The molecule has 1 aliphatic heterocycles. The standard InChI is InChI=1S/C16H31N3OS/c1-4-8-16(9-5-2,14(17)21)15(20)18-12-13(3)19-10-6-7-11-19/h13H,4-12H2,1-3H3,(H2,17,21)(H,18,20). The fraction of sp³-hybridized carbons (Fsp3) is 0.875. The van der Waals surface area contributed by atoms with Crippen LogP contribution in [0.15, 0.2) is 0 Å². The van der Waals surface area contributed by atoms with Gasteiger partial charge in [-0.15, -0.1) is 0 Å². The van der Waals surface area contributed by atoms with E-state index >= 15 is 0 Å². The SMILES string of the molecule is CCCC(CCC)(C(=O)NCC(C)N1CCCC1)C(N)=S. The van der Waals surface area contributed by atoms with Gasteiger partial charge in [0.15, 0.2) is 0 Å². The Morgan fingerprint density at radius 1 is 1.29 bits per heavy atom. The summed E-state index contributed by atoms with van der Waals surface area (Å²) in [6, 6.07) is 0.378. The van der Waals surface area contributed by atoms with Crippen LogP contribution in [0.5, 0.6) is 0 Å². The van der Waals surface area contributed by atoms with Crippen LogP contribution in [0.3, 0.4) is 0 Å². The lowest BCUT2D eigenvalue weighted by Crippen LogP contribution is -2.51. The summed E-state index contributed by atoms with van der Waals surface area (Å²) in [5.41, 5.74) is 5.27. The number of likely N-dealkylation sites (tertiary alicyclic amines) is 1. The summed E-state index contributed by atoms with van der Waals surface area (Å²) in [7, 11) is 0. The zero-order valence-corrected chi connectivity index (χ0v) is 14.6. The molecule has 0 aromatic heterocycles. The van der Waals surface area contributed by atoms with Gasteiger partial charge in [0.1, 0.15) is 0 Å². The number of thiocarbonyl (C=S) groups is 1. The topological polar surface area (TPSA) is 58.4 Å². The first-order valence-corrected chi connectivity index (χ1v) is 8.71. The summed E-state index contributed by atoms with van der Waals surface area (Å²) in [5.74, 6) is 0.0183. The molecule has 0 bridgehead atoms. The Morgan fingerprint density at radius 3 is 2.24 bits per heavy atom. The van der Waals surface area contributed by atoms with Gasteiger partial charge in [-0.25, -0.2) is 0 Å². The van der Waals surface area contributed by atoms with Gasteiger partial charge in [0.05, 0.1) is 10.4 Å². The van der Waals surface area contributed by atoms with Crippen molar-refractivity contribution in [2.75, 3.05) is 19.6 Å². The van der Waals surface area contributed by atoms with Crippen molar-refractivity contribution in [2.45, 2.75) is 65.3 Å². The van der Waals surface area contributed by atoms with E-state index in [-0.39, 0.29) is 5.91 Å². The Labute approximate surface area is 134 Å². The van der Waals surface area contributed by atoms with Crippen LogP contribution in [0.2, 0.25) is 0 Å². The van der Waals surface area contributed by atoms with Crippen LogP contribution in [0.1, 0.15) is 59.3 Å². The molecule has 0 aromatic rings. The molecule has 0 radical (unpaired) electrons. The van der Waals surface area contributed by atoms with Crippen molar-refractivity contribution in [3.8, 4) is 0 Å². The lowest BCUT2D eigenvalue weighted by atomic mass is 9.78. The summed E-state index contributed by atoms with van der Waals surface area (Å²) < 4.78 is 0. The molecule has 1 fully saturated rings. The van der Waals surface area contributed by atoms with E-state index in [9.17, 15) is 4.79 Å². The third kappa shape index (κ3) is 4.65. The second kappa shape index (κ2) is 8.69. The van der Waals surface area contributed by atoms with Gasteiger partial charge < -0.3 is 11.1 Å². The second-order valence-corrected chi connectivity index (χ2v) is 6.69. The van der Waals surface area contributed by atoms with Crippen LogP contribution in [-0.4, -0.2) is 41.5 Å². The lowest BCUT2D eigenvalue weighted by Gasteiger charge is -2.32. The van der Waals surface area contributed by atoms with Crippen LogP contribution in [0.25, 0.3) is 0 Å². The lowest BCUT2D eigenvalue weighted by molar-refractivity contribution is -0.128. The van der Waals surface area contributed by atoms with Crippen molar-refractivity contribution in [1.29, 1.82) is 0 Å². The van der Waals surface area contributed by atoms with E-state index in [0.717, 1.165) is 38.8 Å². The Balaban J connectivity index is 2.64. The molecule has 122 valence electrons. The molecule has 0 spiro atoms. The maximum Gasteiger partial charge on any atom is 0.233 e. The third-order valence-corrected chi connectivity index (χ3v) is 4.97. The second-order valence-electron chi connectivity index (χ2n) is 6.25. The zero-order valence-electron chi connectivity index (χ0n) is 13.8. The molecule has 21 heavy (non-hydrogen) atoms.